The maximum absolute atomic E-state index is 12.4. The van der Waals surface area contributed by atoms with E-state index in [2.05, 4.69) is 44.7 Å². The van der Waals surface area contributed by atoms with E-state index in [9.17, 15) is 4.79 Å². The van der Waals surface area contributed by atoms with Gasteiger partial charge in [0.2, 0.25) is 0 Å². The van der Waals surface area contributed by atoms with Crippen molar-refractivity contribution in [3.05, 3.63) is 65.4 Å². The third-order valence-corrected chi connectivity index (χ3v) is 4.64. The van der Waals surface area contributed by atoms with Crippen LogP contribution in [0.2, 0.25) is 0 Å². The van der Waals surface area contributed by atoms with Crippen molar-refractivity contribution < 1.29 is 4.79 Å². The molecule has 5 heteroatoms. The minimum absolute atomic E-state index is 0.0535. The number of nitrogens with one attached hydrogen (secondary N) is 2. The molecule has 2 N–H and O–H groups in total. The van der Waals surface area contributed by atoms with Crippen LogP contribution in [0.25, 0.3) is 10.9 Å². The number of amides is 1. The van der Waals surface area contributed by atoms with E-state index in [-0.39, 0.29) is 5.91 Å². The second kappa shape index (κ2) is 6.45. The molecule has 0 bridgehead atoms. The summed E-state index contributed by atoms with van der Waals surface area (Å²) in [6.45, 7) is 3.51. The molecule has 1 aliphatic heterocycles. The van der Waals surface area contributed by atoms with Crippen molar-refractivity contribution in [2.75, 3.05) is 19.6 Å². The Labute approximate surface area is 140 Å². The second-order valence-electron chi connectivity index (χ2n) is 6.19. The molecular weight excluding hydrogens is 300 g/mol. The van der Waals surface area contributed by atoms with Gasteiger partial charge in [-0.15, -0.1) is 0 Å². The van der Waals surface area contributed by atoms with E-state index < -0.39 is 0 Å². The van der Waals surface area contributed by atoms with Crippen LogP contribution >= 0.6 is 0 Å². The zero-order chi connectivity index (χ0) is 16.4. The maximum Gasteiger partial charge on any atom is 0.253 e. The van der Waals surface area contributed by atoms with E-state index in [1.165, 1.54) is 11.1 Å². The molecule has 0 spiro atoms. The van der Waals surface area contributed by atoms with Gasteiger partial charge in [-0.05, 0) is 23.6 Å². The Bertz CT molecular complexity index is 870. The SMILES string of the molecule is O=C(NCCN1CCc2ccccc2C1)c1cccc2cn[nH]c12. The molecule has 24 heavy (non-hydrogen) atoms. The van der Waals surface area contributed by atoms with E-state index in [4.69, 9.17) is 0 Å². The number of nitrogens with zero attached hydrogens (tertiary/aromatic N) is 2. The lowest BCUT2D eigenvalue weighted by atomic mass is 10.00. The van der Waals surface area contributed by atoms with Crippen molar-refractivity contribution in [3.8, 4) is 0 Å². The minimum atomic E-state index is -0.0535. The first-order valence-corrected chi connectivity index (χ1v) is 8.31. The number of carbonyl (C=O) groups is 1. The standard InChI is InChI=1S/C19H20N4O/c24-19(17-7-3-6-15-12-21-22-18(15)17)20-9-11-23-10-8-14-4-1-2-5-16(14)13-23/h1-7,12H,8-11,13H2,(H,20,24)(H,21,22). The molecule has 0 saturated carbocycles. The molecule has 1 aliphatic rings. The summed E-state index contributed by atoms with van der Waals surface area (Å²) in [6.07, 6.45) is 2.81. The van der Waals surface area contributed by atoms with Crippen LogP contribution in [0.3, 0.4) is 0 Å². The Balaban J connectivity index is 1.35. The van der Waals surface area contributed by atoms with Crippen LogP contribution in [0.5, 0.6) is 0 Å². The van der Waals surface area contributed by atoms with Crippen molar-refractivity contribution in [1.82, 2.24) is 20.4 Å². The lowest BCUT2D eigenvalue weighted by Gasteiger charge is -2.28. The van der Waals surface area contributed by atoms with Gasteiger partial charge in [-0.2, -0.15) is 5.10 Å². The monoisotopic (exact) mass is 320 g/mol. The third-order valence-electron chi connectivity index (χ3n) is 4.64. The molecular formula is C19H20N4O. The second-order valence-corrected chi connectivity index (χ2v) is 6.19. The molecule has 0 saturated heterocycles. The van der Waals surface area contributed by atoms with Gasteiger partial charge in [0.05, 0.1) is 17.3 Å². The van der Waals surface area contributed by atoms with Gasteiger partial charge in [-0.3, -0.25) is 14.8 Å². The van der Waals surface area contributed by atoms with Crippen molar-refractivity contribution in [1.29, 1.82) is 0 Å². The quantitative estimate of drug-likeness (QED) is 0.776. The van der Waals surface area contributed by atoms with E-state index >= 15 is 0 Å². The van der Waals surface area contributed by atoms with Crippen LogP contribution in [0.15, 0.2) is 48.7 Å². The number of carbonyl (C=O) groups excluding carboxylic acids is 1. The first kappa shape index (κ1) is 14.9. The van der Waals surface area contributed by atoms with Crippen molar-refractivity contribution in [2.45, 2.75) is 13.0 Å². The minimum Gasteiger partial charge on any atom is -0.351 e. The Morgan fingerprint density at radius 1 is 1.17 bits per heavy atom. The molecule has 0 aliphatic carbocycles. The average Bonchev–Trinajstić information content (AvgIpc) is 3.10. The molecule has 0 fully saturated rings. The predicted octanol–water partition coefficient (Wildman–Crippen LogP) is 2.35. The van der Waals surface area contributed by atoms with Gasteiger partial charge >= 0.3 is 0 Å². The third kappa shape index (κ3) is 2.90. The van der Waals surface area contributed by atoms with Crippen LogP contribution in [0.1, 0.15) is 21.5 Å². The maximum atomic E-state index is 12.4. The summed E-state index contributed by atoms with van der Waals surface area (Å²) in [5.41, 5.74) is 4.29. The summed E-state index contributed by atoms with van der Waals surface area (Å²) < 4.78 is 0. The van der Waals surface area contributed by atoms with Crippen LogP contribution in [0.4, 0.5) is 0 Å². The molecule has 5 nitrogen and oxygen atoms in total. The highest BCUT2D eigenvalue weighted by Gasteiger charge is 2.16. The number of hydrogen-bond donors (Lipinski definition) is 2. The molecule has 0 radical (unpaired) electrons. The predicted molar refractivity (Wildman–Crippen MR) is 93.8 cm³/mol. The molecule has 0 unspecified atom stereocenters. The number of para-hydroxylation sites is 1. The molecule has 1 amide bonds. The molecule has 1 aromatic heterocycles. The molecule has 4 rings (SSSR count). The van der Waals surface area contributed by atoms with Gasteiger partial charge < -0.3 is 5.32 Å². The van der Waals surface area contributed by atoms with Crippen LogP contribution in [-0.2, 0) is 13.0 Å². The van der Waals surface area contributed by atoms with Gasteiger partial charge in [0.25, 0.3) is 5.91 Å². The molecule has 2 heterocycles. The summed E-state index contributed by atoms with van der Waals surface area (Å²) in [5.74, 6) is -0.0535. The normalized spacial score (nSPS) is 14.5. The van der Waals surface area contributed by atoms with Crippen LogP contribution in [0, 0.1) is 0 Å². The lowest BCUT2D eigenvalue weighted by molar-refractivity contribution is 0.0948. The Morgan fingerprint density at radius 2 is 2.04 bits per heavy atom. The Morgan fingerprint density at radius 3 is 2.96 bits per heavy atom. The number of H-pyrrole nitrogens is 1. The Hall–Kier alpha value is -2.66. The van der Waals surface area contributed by atoms with E-state index in [0.29, 0.717) is 12.1 Å². The Kier molecular flexibility index (Phi) is 4.01. The highest BCUT2D eigenvalue weighted by molar-refractivity contribution is 6.05. The zero-order valence-corrected chi connectivity index (χ0v) is 13.5. The smallest absolute Gasteiger partial charge is 0.253 e. The summed E-state index contributed by atoms with van der Waals surface area (Å²) in [7, 11) is 0. The van der Waals surface area contributed by atoms with E-state index in [1.54, 1.807) is 6.20 Å². The van der Waals surface area contributed by atoms with Gasteiger partial charge in [0.1, 0.15) is 0 Å². The van der Waals surface area contributed by atoms with Gasteiger partial charge in [-0.25, -0.2) is 0 Å². The summed E-state index contributed by atoms with van der Waals surface area (Å²) in [5, 5.41) is 10.9. The molecule has 2 aromatic carbocycles. The highest BCUT2D eigenvalue weighted by Crippen LogP contribution is 2.18. The van der Waals surface area contributed by atoms with Crippen LogP contribution in [-0.4, -0.2) is 40.6 Å². The summed E-state index contributed by atoms with van der Waals surface area (Å²) in [4.78, 5) is 14.8. The number of fused-ring (bicyclic) bond motifs is 2. The average molecular weight is 320 g/mol. The van der Waals surface area contributed by atoms with Crippen molar-refractivity contribution in [3.63, 3.8) is 0 Å². The largest absolute Gasteiger partial charge is 0.351 e. The topological polar surface area (TPSA) is 61.0 Å². The van der Waals surface area contributed by atoms with Crippen molar-refractivity contribution in [2.24, 2.45) is 0 Å². The van der Waals surface area contributed by atoms with Gasteiger partial charge in [0.15, 0.2) is 0 Å². The number of rotatable bonds is 4. The number of aromatic amines is 1. The lowest BCUT2D eigenvalue weighted by Crippen LogP contribution is -2.37. The zero-order valence-electron chi connectivity index (χ0n) is 13.5. The first-order chi connectivity index (χ1) is 11.8. The van der Waals surface area contributed by atoms with E-state index in [1.807, 2.05) is 18.2 Å². The number of hydrogen-bond acceptors (Lipinski definition) is 3. The summed E-state index contributed by atoms with van der Waals surface area (Å²) in [6, 6.07) is 14.3. The summed E-state index contributed by atoms with van der Waals surface area (Å²) >= 11 is 0. The molecule has 3 aromatic rings. The van der Waals surface area contributed by atoms with Crippen molar-refractivity contribution >= 4 is 16.8 Å². The fraction of sp³-hybridized carbons (Fsp3) is 0.263. The van der Waals surface area contributed by atoms with Crippen LogP contribution < -0.4 is 5.32 Å². The first-order valence-electron chi connectivity index (χ1n) is 8.31. The van der Waals surface area contributed by atoms with Gasteiger partial charge in [0, 0.05) is 31.6 Å². The van der Waals surface area contributed by atoms with Gasteiger partial charge in [-0.1, -0.05) is 36.4 Å². The molecule has 122 valence electrons. The number of benzene rings is 2. The molecule has 0 atom stereocenters. The van der Waals surface area contributed by atoms with E-state index in [0.717, 1.165) is 37.0 Å². The fourth-order valence-corrected chi connectivity index (χ4v) is 3.33. The highest BCUT2D eigenvalue weighted by atomic mass is 16.1. The fourth-order valence-electron chi connectivity index (χ4n) is 3.33. The number of aromatic nitrogens is 2.